The van der Waals surface area contributed by atoms with Gasteiger partial charge in [-0.1, -0.05) is 0 Å². The summed E-state index contributed by atoms with van der Waals surface area (Å²) in [6, 6.07) is 0.811. The van der Waals surface area contributed by atoms with E-state index in [0.29, 0.717) is 6.10 Å². The fourth-order valence-electron chi connectivity index (χ4n) is 2.39. The molecular formula is C12H21NO2. The van der Waals surface area contributed by atoms with Gasteiger partial charge in [0.05, 0.1) is 19.8 Å². The third-order valence-corrected chi connectivity index (χ3v) is 3.70. The van der Waals surface area contributed by atoms with Crippen LogP contribution in [0.5, 0.6) is 0 Å². The van der Waals surface area contributed by atoms with Crippen LogP contribution in [0.1, 0.15) is 25.7 Å². The molecule has 1 aliphatic heterocycles. The molecule has 0 spiro atoms. The fraction of sp³-hybridized carbons (Fsp3) is 1.00. The van der Waals surface area contributed by atoms with Crippen molar-refractivity contribution in [3.05, 3.63) is 0 Å². The molecule has 0 atom stereocenters. The van der Waals surface area contributed by atoms with Crippen molar-refractivity contribution < 1.29 is 9.47 Å². The second-order valence-corrected chi connectivity index (χ2v) is 5.19. The van der Waals surface area contributed by atoms with Crippen molar-refractivity contribution in [1.29, 1.82) is 0 Å². The van der Waals surface area contributed by atoms with Crippen molar-refractivity contribution in [2.75, 3.05) is 26.4 Å². The molecule has 0 bridgehead atoms. The molecule has 15 heavy (non-hydrogen) atoms. The Morgan fingerprint density at radius 2 is 1.80 bits per heavy atom. The third kappa shape index (κ3) is 2.71. The van der Waals surface area contributed by atoms with Crippen LogP contribution in [0.25, 0.3) is 0 Å². The van der Waals surface area contributed by atoms with Gasteiger partial charge < -0.3 is 14.8 Å². The van der Waals surface area contributed by atoms with Crippen molar-refractivity contribution in [3.8, 4) is 0 Å². The first-order valence-corrected chi connectivity index (χ1v) is 6.36. The molecule has 1 heterocycles. The van der Waals surface area contributed by atoms with Crippen molar-refractivity contribution >= 4 is 0 Å². The molecule has 1 N–H and O–H groups in total. The van der Waals surface area contributed by atoms with Crippen molar-refractivity contribution in [2.24, 2.45) is 11.8 Å². The molecule has 86 valence electrons. The van der Waals surface area contributed by atoms with Gasteiger partial charge in [-0.15, -0.1) is 0 Å². The Kier molecular flexibility index (Phi) is 2.95. The molecule has 0 aromatic carbocycles. The Hall–Kier alpha value is -0.120. The minimum absolute atomic E-state index is 0.382. The van der Waals surface area contributed by atoms with Gasteiger partial charge in [-0.2, -0.15) is 0 Å². The first kappa shape index (κ1) is 10.1. The van der Waals surface area contributed by atoms with Gasteiger partial charge in [0, 0.05) is 12.6 Å². The van der Waals surface area contributed by atoms with Gasteiger partial charge in [-0.05, 0) is 37.5 Å². The molecule has 3 fully saturated rings. The molecule has 3 aliphatic rings. The lowest BCUT2D eigenvalue weighted by Crippen LogP contribution is -2.40. The molecule has 2 aliphatic carbocycles. The lowest BCUT2D eigenvalue weighted by molar-refractivity contribution is -0.128. The maximum atomic E-state index is 5.64. The second-order valence-electron chi connectivity index (χ2n) is 5.19. The van der Waals surface area contributed by atoms with E-state index >= 15 is 0 Å². The van der Waals surface area contributed by atoms with Crippen LogP contribution in [-0.4, -0.2) is 38.5 Å². The molecular weight excluding hydrogens is 190 g/mol. The highest BCUT2D eigenvalue weighted by atomic mass is 16.6. The Morgan fingerprint density at radius 1 is 1.13 bits per heavy atom. The monoisotopic (exact) mass is 211 g/mol. The largest absolute Gasteiger partial charge is 0.376 e. The summed E-state index contributed by atoms with van der Waals surface area (Å²) in [6.45, 7) is 3.47. The molecule has 0 aromatic heterocycles. The highest BCUT2D eigenvalue weighted by Gasteiger charge is 2.40. The number of hydrogen-bond donors (Lipinski definition) is 1. The van der Waals surface area contributed by atoms with Gasteiger partial charge in [0.1, 0.15) is 6.10 Å². The SMILES string of the molecule is C(COC1COC1)NC(C1CC1)C1CC1. The highest BCUT2D eigenvalue weighted by molar-refractivity contribution is 4.96. The quantitative estimate of drug-likeness (QED) is 0.641. The van der Waals surface area contributed by atoms with Gasteiger partial charge in [0.2, 0.25) is 0 Å². The Morgan fingerprint density at radius 3 is 2.27 bits per heavy atom. The van der Waals surface area contributed by atoms with Crippen LogP contribution in [0.15, 0.2) is 0 Å². The molecule has 2 saturated carbocycles. The normalized spacial score (nSPS) is 27.0. The van der Waals surface area contributed by atoms with E-state index < -0.39 is 0 Å². The zero-order valence-corrected chi connectivity index (χ0v) is 9.28. The van der Waals surface area contributed by atoms with Crippen LogP contribution < -0.4 is 5.32 Å². The first-order chi connectivity index (χ1) is 7.43. The third-order valence-electron chi connectivity index (χ3n) is 3.70. The maximum Gasteiger partial charge on any atom is 0.104 e. The zero-order valence-electron chi connectivity index (χ0n) is 9.28. The van der Waals surface area contributed by atoms with E-state index in [2.05, 4.69) is 5.32 Å². The molecule has 3 heteroatoms. The van der Waals surface area contributed by atoms with E-state index in [4.69, 9.17) is 9.47 Å². The van der Waals surface area contributed by atoms with Gasteiger partial charge in [-0.3, -0.25) is 0 Å². The standard InChI is InChI=1S/C12H21NO2/c1-2-9(1)12(10-3-4-10)13-5-6-15-11-7-14-8-11/h9-13H,1-8H2. The van der Waals surface area contributed by atoms with Crippen LogP contribution in [0, 0.1) is 11.8 Å². The summed E-state index contributed by atoms with van der Waals surface area (Å²) in [5, 5.41) is 3.68. The Labute approximate surface area is 91.5 Å². The van der Waals surface area contributed by atoms with Crippen LogP contribution >= 0.6 is 0 Å². The van der Waals surface area contributed by atoms with E-state index in [1.54, 1.807) is 0 Å². The number of ether oxygens (including phenoxy) is 2. The van der Waals surface area contributed by atoms with Crippen LogP contribution in [0.2, 0.25) is 0 Å². The topological polar surface area (TPSA) is 30.5 Å². The predicted molar refractivity (Wildman–Crippen MR) is 57.8 cm³/mol. The zero-order chi connectivity index (χ0) is 10.1. The van der Waals surface area contributed by atoms with Gasteiger partial charge >= 0.3 is 0 Å². The van der Waals surface area contributed by atoms with E-state index in [0.717, 1.165) is 44.2 Å². The van der Waals surface area contributed by atoms with E-state index in [9.17, 15) is 0 Å². The lowest BCUT2D eigenvalue weighted by Gasteiger charge is -2.26. The van der Waals surface area contributed by atoms with E-state index in [1.165, 1.54) is 25.7 Å². The minimum atomic E-state index is 0.382. The Balaban J connectivity index is 1.29. The summed E-state index contributed by atoms with van der Waals surface area (Å²) in [5.41, 5.74) is 0. The summed E-state index contributed by atoms with van der Waals surface area (Å²) in [4.78, 5) is 0. The average Bonchev–Trinajstić information content (AvgIpc) is 2.99. The van der Waals surface area contributed by atoms with E-state index in [-0.39, 0.29) is 0 Å². The molecule has 0 aromatic rings. The summed E-state index contributed by atoms with van der Waals surface area (Å²) in [5.74, 6) is 1.98. The van der Waals surface area contributed by atoms with Gasteiger partial charge in [0.15, 0.2) is 0 Å². The smallest absolute Gasteiger partial charge is 0.104 e. The first-order valence-electron chi connectivity index (χ1n) is 6.36. The highest BCUT2D eigenvalue weighted by Crippen LogP contribution is 2.44. The van der Waals surface area contributed by atoms with Crippen molar-refractivity contribution in [1.82, 2.24) is 5.32 Å². The van der Waals surface area contributed by atoms with E-state index in [1.807, 2.05) is 0 Å². The van der Waals surface area contributed by atoms with Crippen molar-refractivity contribution in [3.63, 3.8) is 0 Å². The summed E-state index contributed by atoms with van der Waals surface area (Å²) in [6.07, 6.45) is 6.18. The second kappa shape index (κ2) is 4.40. The summed E-state index contributed by atoms with van der Waals surface area (Å²) >= 11 is 0. The lowest BCUT2D eigenvalue weighted by atomic mass is 10.1. The molecule has 0 radical (unpaired) electrons. The van der Waals surface area contributed by atoms with Crippen LogP contribution in [0.3, 0.4) is 0 Å². The summed E-state index contributed by atoms with van der Waals surface area (Å²) in [7, 11) is 0. The molecule has 3 nitrogen and oxygen atoms in total. The molecule has 1 saturated heterocycles. The van der Waals surface area contributed by atoms with Crippen LogP contribution in [-0.2, 0) is 9.47 Å². The number of hydrogen-bond acceptors (Lipinski definition) is 3. The van der Waals surface area contributed by atoms with Gasteiger partial charge in [0.25, 0.3) is 0 Å². The fourth-order valence-corrected chi connectivity index (χ4v) is 2.39. The number of nitrogens with one attached hydrogen (secondary N) is 1. The minimum Gasteiger partial charge on any atom is -0.376 e. The molecule has 3 rings (SSSR count). The summed E-state index contributed by atoms with van der Waals surface area (Å²) < 4.78 is 10.7. The maximum absolute atomic E-state index is 5.64. The van der Waals surface area contributed by atoms with Crippen LogP contribution in [0.4, 0.5) is 0 Å². The van der Waals surface area contributed by atoms with Gasteiger partial charge in [-0.25, -0.2) is 0 Å². The Bertz CT molecular complexity index is 198. The number of rotatable bonds is 7. The van der Waals surface area contributed by atoms with Crippen molar-refractivity contribution in [2.45, 2.75) is 37.8 Å². The average molecular weight is 211 g/mol. The molecule has 0 amide bonds. The predicted octanol–water partition coefficient (Wildman–Crippen LogP) is 1.18. The molecule has 0 unspecified atom stereocenters.